The third kappa shape index (κ3) is 3.92. The molecule has 3 nitrogen and oxygen atoms in total. The van der Waals surface area contributed by atoms with Gasteiger partial charge in [-0.15, -0.1) is 0 Å². The van der Waals surface area contributed by atoms with Crippen LogP contribution in [0.1, 0.15) is 36.3 Å². The van der Waals surface area contributed by atoms with Crippen molar-refractivity contribution < 1.29 is 4.39 Å². The quantitative estimate of drug-likeness (QED) is 0.852. The summed E-state index contributed by atoms with van der Waals surface area (Å²) in [6.45, 7) is 5.00. The summed E-state index contributed by atoms with van der Waals surface area (Å²) in [6, 6.07) is 7.32. The van der Waals surface area contributed by atoms with Crippen LogP contribution in [0.4, 0.5) is 4.39 Å². The minimum absolute atomic E-state index is 0.0600. The number of rotatable bonds is 6. The van der Waals surface area contributed by atoms with Crippen LogP contribution >= 0.6 is 15.9 Å². The van der Waals surface area contributed by atoms with Gasteiger partial charge < -0.3 is 5.32 Å². The van der Waals surface area contributed by atoms with Gasteiger partial charge in [0.1, 0.15) is 5.82 Å². The first kappa shape index (κ1) is 16.2. The van der Waals surface area contributed by atoms with Crippen LogP contribution < -0.4 is 5.32 Å². The highest BCUT2D eigenvalue weighted by atomic mass is 79.9. The van der Waals surface area contributed by atoms with Gasteiger partial charge in [0, 0.05) is 25.2 Å². The molecule has 2 aromatic rings. The summed E-state index contributed by atoms with van der Waals surface area (Å²) in [4.78, 5) is 0. The summed E-state index contributed by atoms with van der Waals surface area (Å²) in [5.74, 6) is -0.225. The Morgan fingerprint density at radius 1 is 1.43 bits per heavy atom. The Hall–Kier alpha value is -1.20. The molecule has 1 atom stereocenters. The number of benzene rings is 1. The first-order valence-electron chi connectivity index (χ1n) is 7.19. The molecule has 1 N–H and O–H groups in total. The van der Waals surface area contributed by atoms with Crippen molar-refractivity contribution in [3.63, 3.8) is 0 Å². The van der Waals surface area contributed by atoms with E-state index in [2.05, 4.69) is 39.3 Å². The van der Waals surface area contributed by atoms with Gasteiger partial charge in [0.25, 0.3) is 0 Å². The number of hydrogen-bond donors (Lipinski definition) is 1. The summed E-state index contributed by atoms with van der Waals surface area (Å²) in [7, 11) is 1.94. The first-order chi connectivity index (χ1) is 10.0. The van der Waals surface area contributed by atoms with Crippen molar-refractivity contribution in [3.05, 3.63) is 51.5 Å². The summed E-state index contributed by atoms with van der Waals surface area (Å²) < 4.78 is 16.2. The lowest BCUT2D eigenvalue weighted by atomic mass is 10.0. The lowest BCUT2D eigenvalue weighted by Crippen LogP contribution is -2.25. The summed E-state index contributed by atoms with van der Waals surface area (Å²) >= 11 is 3.37. The molecule has 5 heteroatoms. The molecule has 0 amide bonds. The zero-order valence-corrected chi connectivity index (χ0v) is 14.2. The number of nitrogens with one attached hydrogen (secondary N) is 1. The third-order valence-corrected chi connectivity index (χ3v) is 4.35. The van der Waals surface area contributed by atoms with Crippen LogP contribution in [0, 0.1) is 12.7 Å². The molecular weight excluding hydrogens is 333 g/mol. The second kappa shape index (κ2) is 7.18. The van der Waals surface area contributed by atoms with Gasteiger partial charge in [-0.25, -0.2) is 4.39 Å². The smallest absolute Gasteiger partial charge is 0.137 e. The Morgan fingerprint density at radius 3 is 2.81 bits per heavy atom. The Balaban J connectivity index is 2.29. The van der Waals surface area contributed by atoms with E-state index in [1.54, 1.807) is 6.07 Å². The van der Waals surface area contributed by atoms with Gasteiger partial charge in [-0.1, -0.05) is 19.1 Å². The normalized spacial score (nSPS) is 12.6. The van der Waals surface area contributed by atoms with Gasteiger partial charge in [-0.05, 0) is 53.5 Å². The van der Waals surface area contributed by atoms with Crippen LogP contribution in [0.3, 0.4) is 0 Å². The summed E-state index contributed by atoms with van der Waals surface area (Å²) in [5.41, 5.74) is 3.08. The molecule has 0 saturated heterocycles. The minimum atomic E-state index is -0.225. The first-order valence-corrected chi connectivity index (χ1v) is 7.99. The van der Waals surface area contributed by atoms with Crippen molar-refractivity contribution in [1.29, 1.82) is 0 Å². The van der Waals surface area contributed by atoms with E-state index in [1.807, 2.05) is 24.7 Å². The standard InChI is InChI=1S/C16H21BrFN3/c1-4-8-19-15(10-12-9-11(2)20-21(12)3)13-6-5-7-14(18)16(13)17/h5-7,9,15,19H,4,8,10H2,1-3H3. The molecule has 1 aromatic heterocycles. The van der Waals surface area contributed by atoms with E-state index < -0.39 is 0 Å². The molecule has 0 radical (unpaired) electrons. The molecule has 2 rings (SSSR count). The molecule has 1 unspecified atom stereocenters. The fraction of sp³-hybridized carbons (Fsp3) is 0.438. The van der Waals surface area contributed by atoms with Gasteiger partial charge in [0.15, 0.2) is 0 Å². The maximum atomic E-state index is 13.8. The van der Waals surface area contributed by atoms with Gasteiger partial charge >= 0.3 is 0 Å². The van der Waals surface area contributed by atoms with E-state index in [0.29, 0.717) is 4.47 Å². The van der Waals surface area contributed by atoms with Crippen molar-refractivity contribution in [2.24, 2.45) is 7.05 Å². The highest BCUT2D eigenvalue weighted by Gasteiger charge is 2.18. The lowest BCUT2D eigenvalue weighted by Gasteiger charge is -2.20. The molecule has 21 heavy (non-hydrogen) atoms. The molecule has 0 aliphatic heterocycles. The Labute approximate surface area is 133 Å². The Bertz CT molecular complexity index is 610. The van der Waals surface area contributed by atoms with Gasteiger partial charge in [0.2, 0.25) is 0 Å². The van der Waals surface area contributed by atoms with E-state index in [-0.39, 0.29) is 11.9 Å². The van der Waals surface area contributed by atoms with Crippen LogP contribution in [0.15, 0.2) is 28.7 Å². The van der Waals surface area contributed by atoms with Crippen LogP contribution in [0.5, 0.6) is 0 Å². The lowest BCUT2D eigenvalue weighted by molar-refractivity contribution is 0.505. The molecule has 0 bridgehead atoms. The number of aromatic nitrogens is 2. The average Bonchev–Trinajstić information content (AvgIpc) is 2.76. The van der Waals surface area contributed by atoms with Gasteiger partial charge in [-0.2, -0.15) is 5.10 Å². The number of hydrogen-bond acceptors (Lipinski definition) is 2. The predicted molar refractivity (Wildman–Crippen MR) is 86.8 cm³/mol. The second-order valence-corrected chi connectivity index (χ2v) is 6.05. The SMILES string of the molecule is CCCNC(Cc1cc(C)nn1C)c1cccc(F)c1Br. The topological polar surface area (TPSA) is 29.9 Å². The van der Waals surface area contributed by atoms with Crippen LogP contribution in [-0.2, 0) is 13.5 Å². The predicted octanol–water partition coefficient (Wildman–Crippen LogP) is 3.91. The summed E-state index contributed by atoms with van der Waals surface area (Å²) in [5, 5.41) is 7.88. The van der Waals surface area contributed by atoms with Crippen LogP contribution in [0.2, 0.25) is 0 Å². The minimum Gasteiger partial charge on any atom is -0.310 e. The van der Waals surface area contributed by atoms with E-state index in [1.165, 1.54) is 6.07 Å². The van der Waals surface area contributed by atoms with Crippen molar-refractivity contribution >= 4 is 15.9 Å². The van der Waals surface area contributed by atoms with E-state index in [9.17, 15) is 4.39 Å². The molecule has 0 saturated carbocycles. The molecule has 0 fully saturated rings. The maximum absolute atomic E-state index is 13.8. The van der Waals surface area contributed by atoms with Crippen molar-refractivity contribution in [1.82, 2.24) is 15.1 Å². The zero-order valence-electron chi connectivity index (χ0n) is 12.7. The molecule has 0 aliphatic carbocycles. The largest absolute Gasteiger partial charge is 0.310 e. The van der Waals surface area contributed by atoms with Gasteiger partial charge in [-0.3, -0.25) is 4.68 Å². The number of aryl methyl sites for hydroxylation is 2. The maximum Gasteiger partial charge on any atom is 0.137 e. The third-order valence-electron chi connectivity index (χ3n) is 3.51. The highest BCUT2D eigenvalue weighted by Crippen LogP contribution is 2.28. The Kier molecular flexibility index (Phi) is 5.53. The zero-order chi connectivity index (χ0) is 15.4. The van der Waals surface area contributed by atoms with Crippen molar-refractivity contribution in [2.75, 3.05) is 6.54 Å². The van der Waals surface area contributed by atoms with Crippen molar-refractivity contribution in [3.8, 4) is 0 Å². The molecule has 1 aromatic carbocycles. The summed E-state index contributed by atoms with van der Waals surface area (Å²) in [6.07, 6.45) is 1.81. The molecular formula is C16H21BrFN3. The fourth-order valence-electron chi connectivity index (χ4n) is 2.46. The molecule has 0 spiro atoms. The fourth-order valence-corrected chi connectivity index (χ4v) is 3.01. The van der Waals surface area contributed by atoms with Gasteiger partial charge in [0.05, 0.1) is 10.2 Å². The monoisotopic (exact) mass is 353 g/mol. The average molecular weight is 354 g/mol. The number of nitrogens with zero attached hydrogens (tertiary/aromatic N) is 2. The van der Waals surface area contributed by atoms with Crippen molar-refractivity contribution in [2.45, 2.75) is 32.7 Å². The molecule has 114 valence electrons. The van der Waals surface area contributed by atoms with E-state index in [4.69, 9.17) is 0 Å². The number of halogens is 2. The van der Waals surface area contributed by atoms with Crippen LogP contribution in [0.25, 0.3) is 0 Å². The second-order valence-electron chi connectivity index (χ2n) is 5.25. The van der Waals surface area contributed by atoms with E-state index in [0.717, 1.165) is 36.3 Å². The van der Waals surface area contributed by atoms with Crippen LogP contribution in [-0.4, -0.2) is 16.3 Å². The van der Waals surface area contributed by atoms with E-state index >= 15 is 0 Å². The molecule has 1 heterocycles. The highest BCUT2D eigenvalue weighted by molar-refractivity contribution is 9.10. The Morgan fingerprint density at radius 2 is 2.19 bits per heavy atom. The molecule has 0 aliphatic rings.